The molecule has 1 fully saturated rings. The van der Waals surface area contributed by atoms with Crippen LogP contribution in [0.1, 0.15) is 94.9 Å². The summed E-state index contributed by atoms with van der Waals surface area (Å²) in [4.78, 5) is 27.4. The molecule has 1 aliphatic rings. The fourth-order valence-corrected chi connectivity index (χ4v) is 5.46. The molecular formula is C29H53N3O2. The first-order chi connectivity index (χ1) is 15.6. The summed E-state index contributed by atoms with van der Waals surface area (Å²) >= 11 is 0. The highest BCUT2D eigenvalue weighted by Gasteiger charge is 2.45. The Kier molecular flexibility index (Phi) is 11.4. The Morgan fingerprint density at radius 3 is 2.06 bits per heavy atom. The molecule has 0 spiro atoms. The zero-order valence-electron chi connectivity index (χ0n) is 23.8. The van der Waals surface area contributed by atoms with Gasteiger partial charge in [0.2, 0.25) is 0 Å². The van der Waals surface area contributed by atoms with Gasteiger partial charge in [0.25, 0.3) is 0 Å². The second kappa shape index (κ2) is 12.8. The van der Waals surface area contributed by atoms with Crippen molar-refractivity contribution in [3.8, 4) is 0 Å². The van der Waals surface area contributed by atoms with Crippen LogP contribution in [0.15, 0.2) is 24.4 Å². The van der Waals surface area contributed by atoms with Gasteiger partial charge in [-0.3, -0.25) is 4.79 Å². The highest BCUT2D eigenvalue weighted by molar-refractivity contribution is 5.78. The largest absolute Gasteiger partial charge is 0.366 e. The van der Waals surface area contributed by atoms with Crippen LogP contribution in [-0.2, 0) is 4.79 Å². The van der Waals surface area contributed by atoms with Crippen molar-refractivity contribution in [1.29, 1.82) is 0 Å². The third kappa shape index (κ3) is 7.88. The lowest BCUT2D eigenvalue weighted by molar-refractivity contribution is -0.119. The van der Waals surface area contributed by atoms with Gasteiger partial charge in [-0.05, 0) is 41.9 Å². The summed E-state index contributed by atoms with van der Waals surface area (Å²) in [5, 5.41) is 6.40. The summed E-state index contributed by atoms with van der Waals surface area (Å²) in [5.74, 6) is 2.07. The Bertz CT molecular complexity index is 719. The van der Waals surface area contributed by atoms with E-state index in [1.807, 2.05) is 6.92 Å². The highest BCUT2D eigenvalue weighted by atomic mass is 16.2. The molecule has 1 rings (SSSR count). The lowest BCUT2D eigenvalue weighted by Gasteiger charge is -2.41. The molecule has 2 N–H and O–H groups in total. The molecule has 0 aliphatic carbocycles. The van der Waals surface area contributed by atoms with Gasteiger partial charge in [-0.2, -0.15) is 0 Å². The van der Waals surface area contributed by atoms with Crippen LogP contribution in [0.5, 0.6) is 0 Å². The molecule has 1 aliphatic heterocycles. The molecule has 0 aromatic rings. The molecule has 5 nitrogen and oxygen atoms in total. The summed E-state index contributed by atoms with van der Waals surface area (Å²) in [6.45, 7) is 31.5. The fraction of sp³-hybridized carbons (Fsp3) is 0.793. The van der Waals surface area contributed by atoms with E-state index in [1.54, 1.807) is 0 Å². The molecule has 0 aromatic carbocycles. The second-order valence-corrected chi connectivity index (χ2v) is 12.1. The van der Waals surface area contributed by atoms with Crippen LogP contribution < -0.4 is 10.6 Å². The third-order valence-electron chi connectivity index (χ3n) is 7.58. The minimum Gasteiger partial charge on any atom is -0.366 e. The minimum absolute atomic E-state index is 0.0471. The number of nitrogens with one attached hydrogen (secondary N) is 2. The molecule has 5 atom stereocenters. The number of nitrogens with zero attached hydrogens (tertiary/aromatic N) is 1. The van der Waals surface area contributed by atoms with Crippen molar-refractivity contribution in [1.82, 2.24) is 15.5 Å². The zero-order chi connectivity index (χ0) is 26.4. The number of carbonyl (C=O) groups excluding carboxylic acids is 2. The van der Waals surface area contributed by atoms with Gasteiger partial charge in [-0.25, -0.2) is 4.79 Å². The smallest absolute Gasteiger partial charge is 0.315 e. The van der Waals surface area contributed by atoms with Crippen molar-refractivity contribution in [2.24, 2.45) is 29.1 Å². The van der Waals surface area contributed by atoms with Crippen LogP contribution >= 0.6 is 0 Å². The first-order valence-corrected chi connectivity index (χ1v) is 13.4. The molecule has 1 saturated heterocycles. The first kappa shape index (κ1) is 30.3. The topological polar surface area (TPSA) is 61.4 Å². The summed E-state index contributed by atoms with van der Waals surface area (Å²) in [5.41, 5.74) is 1.98. The maximum Gasteiger partial charge on any atom is 0.315 e. The Balaban J connectivity index is 3.10. The molecule has 2 amide bonds. The Morgan fingerprint density at radius 2 is 1.62 bits per heavy atom. The van der Waals surface area contributed by atoms with Crippen molar-refractivity contribution < 1.29 is 9.59 Å². The normalized spacial score (nSPS) is 22.6. The van der Waals surface area contributed by atoms with Crippen molar-refractivity contribution >= 4 is 11.8 Å². The maximum atomic E-state index is 13.2. The number of ketones is 1. The molecule has 0 radical (unpaired) electrons. The minimum atomic E-state index is -0.220. The summed E-state index contributed by atoms with van der Waals surface area (Å²) < 4.78 is 0. The predicted molar refractivity (Wildman–Crippen MR) is 145 cm³/mol. The van der Waals surface area contributed by atoms with E-state index in [2.05, 4.69) is 91.0 Å². The van der Waals surface area contributed by atoms with E-state index in [1.165, 1.54) is 5.57 Å². The number of Topliss-reactive ketones (excluding diaryl/α,β-unsaturated/α-hetero) is 1. The lowest BCUT2D eigenvalue weighted by atomic mass is 9.79. The van der Waals surface area contributed by atoms with E-state index in [0.717, 1.165) is 18.7 Å². The van der Waals surface area contributed by atoms with E-state index in [-0.39, 0.29) is 41.3 Å². The summed E-state index contributed by atoms with van der Waals surface area (Å²) in [6.07, 6.45) is 2.64. The molecule has 1 heterocycles. The first-order valence-electron chi connectivity index (χ1n) is 13.4. The molecule has 0 aromatic heterocycles. The highest BCUT2D eigenvalue weighted by Crippen LogP contribution is 2.42. The van der Waals surface area contributed by atoms with Gasteiger partial charge in [0.05, 0.1) is 12.1 Å². The SMILES string of the molecule is C=C(CC)C1[C@@H](C(C)C)C(C)CN1C(=C)C(NC(=O)NC(CCC(=O)CC)C(C)C)C(C)(C)C. The number of hydrogen-bond acceptors (Lipinski definition) is 3. The number of carbonyl (C=O) groups is 2. The number of likely N-dealkylation sites (tertiary alicyclic amines) is 1. The van der Waals surface area contributed by atoms with Crippen LogP contribution in [-0.4, -0.2) is 41.4 Å². The van der Waals surface area contributed by atoms with E-state index in [9.17, 15) is 9.59 Å². The monoisotopic (exact) mass is 475 g/mol. The van der Waals surface area contributed by atoms with Gasteiger partial charge in [0, 0.05) is 31.1 Å². The third-order valence-corrected chi connectivity index (χ3v) is 7.58. The van der Waals surface area contributed by atoms with Crippen LogP contribution in [0.2, 0.25) is 0 Å². The number of rotatable bonds is 12. The maximum absolute atomic E-state index is 13.2. The zero-order valence-corrected chi connectivity index (χ0v) is 23.8. The Morgan fingerprint density at radius 1 is 1.03 bits per heavy atom. The van der Waals surface area contributed by atoms with Gasteiger partial charge in [-0.1, -0.05) is 88.0 Å². The van der Waals surface area contributed by atoms with Gasteiger partial charge in [0.15, 0.2) is 0 Å². The lowest BCUT2D eigenvalue weighted by Crippen LogP contribution is -2.55. The number of urea groups is 1. The molecule has 34 heavy (non-hydrogen) atoms. The van der Waals surface area contributed by atoms with Crippen molar-refractivity contribution in [2.45, 2.75) is 113 Å². The molecule has 5 heteroatoms. The summed E-state index contributed by atoms with van der Waals surface area (Å²) in [7, 11) is 0. The van der Waals surface area contributed by atoms with Crippen molar-refractivity contribution in [3.63, 3.8) is 0 Å². The average molecular weight is 476 g/mol. The van der Waals surface area contributed by atoms with Crippen LogP contribution in [0.25, 0.3) is 0 Å². The molecule has 196 valence electrons. The number of amides is 2. The van der Waals surface area contributed by atoms with Gasteiger partial charge < -0.3 is 15.5 Å². The Labute approximate surface area is 210 Å². The van der Waals surface area contributed by atoms with Crippen LogP contribution in [0.4, 0.5) is 4.79 Å². The molecule has 4 unspecified atom stereocenters. The van der Waals surface area contributed by atoms with E-state index in [0.29, 0.717) is 37.0 Å². The van der Waals surface area contributed by atoms with Gasteiger partial charge in [-0.15, -0.1) is 0 Å². The number of hydrogen-bond donors (Lipinski definition) is 2. The second-order valence-electron chi connectivity index (χ2n) is 12.1. The van der Waals surface area contributed by atoms with Crippen LogP contribution in [0.3, 0.4) is 0 Å². The molecule has 0 saturated carbocycles. The van der Waals surface area contributed by atoms with E-state index in [4.69, 9.17) is 0 Å². The fourth-order valence-electron chi connectivity index (χ4n) is 5.46. The summed E-state index contributed by atoms with van der Waals surface area (Å²) in [6, 6.07) is -0.218. The van der Waals surface area contributed by atoms with E-state index >= 15 is 0 Å². The van der Waals surface area contributed by atoms with Crippen molar-refractivity contribution in [2.75, 3.05) is 6.54 Å². The van der Waals surface area contributed by atoms with Crippen molar-refractivity contribution in [3.05, 3.63) is 24.4 Å². The quantitative estimate of drug-likeness (QED) is 0.314. The van der Waals surface area contributed by atoms with Gasteiger partial charge >= 0.3 is 6.03 Å². The predicted octanol–water partition coefficient (Wildman–Crippen LogP) is 6.56. The standard InChI is InChI=1S/C29H53N3O2/c1-13-20(7)26-25(19(5)6)21(8)17-32(26)22(9)27(29(10,11)12)31-28(34)30-24(18(3)4)16-15-23(33)14-2/h18-19,21,24-27H,7,9,13-17H2,1-6,8,10-12H3,(H2,30,31,34)/t21?,24?,25-,26?,27?/m0/s1. The van der Waals surface area contributed by atoms with E-state index < -0.39 is 0 Å². The molecule has 0 bridgehead atoms. The Hall–Kier alpha value is -1.78. The molecular weight excluding hydrogens is 422 g/mol. The van der Waals surface area contributed by atoms with Gasteiger partial charge in [0.1, 0.15) is 5.78 Å². The average Bonchev–Trinajstić information content (AvgIpc) is 3.09. The van der Waals surface area contributed by atoms with Crippen LogP contribution in [0, 0.1) is 29.1 Å².